The fourth-order valence-corrected chi connectivity index (χ4v) is 2.86. The van der Waals surface area contributed by atoms with E-state index in [9.17, 15) is 0 Å². The Morgan fingerprint density at radius 3 is 2.89 bits per heavy atom. The monoisotopic (exact) mass is 282 g/mol. The molecule has 0 amide bonds. The summed E-state index contributed by atoms with van der Waals surface area (Å²) in [6.45, 7) is 3.82. The van der Waals surface area contributed by atoms with E-state index in [0.717, 1.165) is 17.9 Å². The van der Waals surface area contributed by atoms with E-state index in [1.54, 1.807) is 0 Å². The molecule has 2 rings (SSSR count). The molecule has 3 nitrogen and oxygen atoms in total. The SMILES string of the molecule is CC(N)c1ccc(OCC2CCCCN2C)cc1Cl. The third kappa shape index (κ3) is 3.85. The fraction of sp³-hybridized carbons (Fsp3) is 0.600. The highest BCUT2D eigenvalue weighted by atomic mass is 35.5. The summed E-state index contributed by atoms with van der Waals surface area (Å²) in [6, 6.07) is 6.23. The summed E-state index contributed by atoms with van der Waals surface area (Å²) in [6.07, 6.45) is 3.80. The first-order chi connectivity index (χ1) is 9.08. The largest absolute Gasteiger partial charge is 0.492 e. The van der Waals surface area contributed by atoms with Gasteiger partial charge < -0.3 is 15.4 Å². The smallest absolute Gasteiger partial charge is 0.120 e. The molecule has 0 bridgehead atoms. The molecule has 19 heavy (non-hydrogen) atoms. The van der Waals surface area contributed by atoms with E-state index in [0.29, 0.717) is 11.1 Å². The van der Waals surface area contributed by atoms with Crippen LogP contribution in [0.4, 0.5) is 0 Å². The minimum atomic E-state index is -0.0500. The van der Waals surface area contributed by atoms with Crippen molar-refractivity contribution in [1.29, 1.82) is 0 Å². The molecule has 0 aliphatic carbocycles. The van der Waals surface area contributed by atoms with Crippen molar-refractivity contribution in [3.05, 3.63) is 28.8 Å². The van der Waals surface area contributed by atoms with E-state index in [1.165, 1.54) is 25.8 Å². The Hall–Kier alpha value is -0.770. The lowest BCUT2D eigenvalue weighted by molar-refractivity contribution is 0.125. The average Bonchev–Trinajstić information content (AvgIpc) is 2.37. The fourth-order valence-electron chi connectivity index (χ4n) is 2.51. The summed E-state index contributed by atoms with van der Waals surface area (Å²) < 4.78 is 5.86. The van der Waals surface area contributed by atoms with Crippen LogP contribution >= 0.6 is 11.6 Å². The molecular formula is C15H23ClN2O. The van der Waals surface area contributed by atoms with Crippen LogP contribution in [0.3, 0.4) is 0 Å². The molecule has 1 aromatic rings. The second-order valence-corrected chi connectivity index (χ2v) is 5.82. The molecule has 2 N–H and O–H groups in total. The van der Waals surface area contributed by atoms with Crippen LogP contribution in [0.5, 0.6) is 5.75 Å². The average molecular weight is 283 g/mol. The van der Waals surface area contributed by atoms with E-state index >= 15 is 0 Å². The summed E-state index contributed by atoms with van der Waals surface area (Å²) in [4.78, 5) is 2.38. The predicted octanol–water partition coefficient (Wildman–Crippen LogP) is 3.22. The van der Waals surface area contributed by atoms with Crippen LogP contribution in [-0.2, 0) is 0 Å². The second-order valence-electron chi connectivity index (χ2n) is 5.41. The normalized spacial score (nSPS) is 22.2. The molecule has 1 heterocycles. The highest BCUT2D eigenvalue weighted by Crippen LogP contribution is 2.26. The van der Waals surface area contributed by atoms with E-state index in [4.69, 9.17) is 22.1 Å². The zero-order chi connectivity index (χ0) is 13.8. The summed E-state index contributed by atoms with van der Waals surface area (Å²) in [5.41, 5.74) is 6.80. The first-order valence-electron chi connectivity index (χ1n) is 6.96. The number of likely N-dealkylation sites (N-methyl/N-ethyl adjacent to an activating group) is 1. The van der Waals surface area contributed by atoms with Crippen molar-refractivity contribution in [2.75, 3.05) is 20.2 Å². The summed E-state index contributed by atoms with van der Waals surface area (Å²) in [7, 11) is 2.17. The maximum atomic E-state index is 6.20. The van der Waals surface area contributed by atoms with E-state index in [2.05, 4.69) is 11.9 Å². The number of piperidine rings is 1. The zero-order valence-corrected chi connectivity index (χ0v) is 12.5. The third-order valence-corrected chi connectivity index (χ3v) is 4.15. The molecule has 1 aliphatic rings. The molecule has 0 radical (unpaired) electrons. The van der Waals surface area contributed by atoms with Gasteiger partial charge in [-0.15, -0.1) is 0 Å². The lowest BCUT2D eigenvalue weighted by atomic mass is 10.0. The minimum absolute atomic E-state index is 0.0500. The van der Waals surface area contributed by atoms with Crippen molar-refractivity contribution in [2.24, 2.45) is 5.73 Å². The van der Waals surface area contributed by atoms with Gasteiger partial charge in [0.2, 0.25) is 0 Å². The molecule has 0 saturated carbocycles. The van der Waals surface area contributed by atoms with Gasteiger partial charge in [-0.3, -0.25) is 0 Å². The van der Waals surface area contributed by atoms with E-state index in [-0.39, 0.29) is 6.04 Å². The second kappa shape index (κ2) is 6.60. The van der Waals surface area contributed by atoms with Gasteiger partial charge in [-0.2, -0.15) is 0 Å². The number of hydrogen-bond donors (Lipinski definition) is 1. The molecule has 1 aliphatic heterocycles. The maximum absolute atomic E-state index is 6.20. The van der Waals surface area contributed by atoms with Crippen LogP contribution in [0.15, 0.2) is 18.2 Å². The summed E-state index contributed by atoms with van der Waals surface area (Å²) in [5, 5.41) is 0.685. The molecule has 1 aromatic carbocycles. The zero-order valence-electron chi connectivity index (χ0n) is 11.7. The Labute approximate surface area is 120 Å². The molecule has 1 fully saturated rings. The lowest BCUT2D eigenvalue weighted by Crippen LogP contribution is -2.40. The van der Waals surface area contributed by atoms with Crippen molar-refractivity contribution in [3.63, 3.8) is 0 Å². The predicted molar refractivity (Wildman–Crippen MR) is 79.8 cm³/mol. The Morgan fingerprint density at radius 2 is 2.26 bits per heavy atom. The Bertz CT molecular complexity index is 423. The number of halogens is 1. The Balaban J connectivity index is 1.94. The Kier molecular flexibility index (Phi) is 5.08. The van der Waals surface area contributed by atoms with E-state index in [1.807, 2.05) is 25.1 Å². The lowest BCUT2D eigenvalue weighted by Gasteiger charge is -2.32. The van der Waals surface area contributed by atoms with Crippen molar-refractivity contribution in [3.8, 4) is 5.75 Å². The number of nitrogens with two attached hydrogens (primary N) is 1. The molecule has 0 spiro atoms. The summed E-state index contributed by atoms with van der Waals surface area (Å²) >= 11 is 6.20. The molecular weight excluding hydrogens is 260 g/mol. The first kappa shape index (κ1) is 14.6. The number of hydrogen-bond acceptors (Lipinski definition) is 3. The topological polar surface area (TPSA) is 38.5 Å². The van der Waals surface area contributed by atoms with Gasteiger partial charge in [0.1, 0.15) is 12.4 Å². The molecule has 2 atom stereocenters. The van der Waals surface area contributed by atoms with E-state index < -0.39 is 0 Å². The Morgan fingerprint density at radius 1 is 1.47 bits per heavy atom. The highest BCUT2D eigenvalue weighted by Gasteiger charge is 2.19. The number of nitrogens with zero attached hydrogens (tertiary/aromatic N) is 1. The number of ether oxygens (including phenoxy) is 1. The van der Waals surface area contributed by atoms with Crippen molar-refractivity contribution >= 4 is 11.6 Å². The molecule has 2 unspecified atom stereocenters. The van der Waals surface area contributed by atoms with Crippen molar-refractivity contribution in [1.82, 2.24) is 4.90 Å². The first-order valence-corrected chi connectivity index (χ1v) is 7.34. The quantitative estimate of drug-likeness (QED) is 0.921. The molecule has 0 aromatic heterocycles. The van der Waals surface area contributed by atoms with Gasteiger partial charge in [0.15, 0.2) is 0 Å². The van der Waals surface area contributed by atoms with Crippen LogP contribution < -0.4 is 10.5 Å². The van der Waals surface area contributed by atoms with Gasteiger partial charge in [0.05, 0.1) is 0 Å². The number of benzene rings is 1. The van der Waals surface area contributed by atoms with Crippen LogP contribution in [0, 0.1) is 0 Å². The summed E-state index contributed by atoms with van der Waals surface area (Å²) in [5.74, 6) is 0.827. The van der Waals surface area contributed by atoms with Crippen molar-refractivity contribution in [2.45, 2.75) is 38.3 Å². The van der Waals surface area contributed by atoms with Crippen LogP contribution in [0.2, 0.25) is 5.02 Å². The molecule has 4 heteroatoms. The maximum Gasteiger partial charge on any atom is 0.120 e. The number of likely N-dealkylation sites (tertiary alicyclic amines) is 1. The molecule has 106 valence electrons. The van der Waals surface area contributed by atoms with Crippen LogP contribution in [0.1, 0.15) is 37.8 Å². The van der Waals surface area contributed by atoms with Gasteiger partial charge in [-0.25, -0.2) is 0 Å². The van der Waals surface area contributed by atoms with Crippen LogP contribution in [-0.4, -0.2) is 31.1 Å². The van der Waals surface area contributed by atoms with Gasteiger partial charge in [-0.05, 0) is 51.1 Å². The highest BCUT2D eigenvalue weighted by molar-refractivity contribution is 6.31. The number of rotatable bonds is 4. The standard InChI is InChI=1S/C15H23ClN2O/c1-11(17)14-7-6-13(9-15(14)16)19-10-12-5-3-4-8-18(12)2/h6-7,9,11-12H,3-5,8,10,17H2,1-2H3. The third-order valence-electron chi connectivity index (χ3n) is 3.83. The van der Waals surface area contributed by atoms with Gasteiger partial charge >= 0.3 is 0 Å². The minimum Gasteiger partial charge on any atom is -0.492 e. The molecule has 1 saturated heterocycles. The van der Waals surface area contributed by atoms with Crippen molar-refractivity contribution < 1.29 is 4.74 Å². The van der Waals surface area contributed by atoms with Gasteiger partial charge in [0, 0.05) is 17.1 Å². The van der Waals surface area contributed by atoms with Gasteiger partial charge in [-0.1, -0.05) is 24.1 Å². The van der Waals surface area contributed by atoms with Gasteiger partial charge in [0.25, 0.3) is 0 Å². The van der Waals surface area contributed by atoms with Crippen LogP contribution in [0.25, 0.3) is 0 Å².